The van der Waals surface area contributed by atoms with E-state index in [4.69, 9.17) is 5.73 Å². The summed E-state index contributed by atoms with van der Waals surface area (Å²) in [5.74, 6) is 0.371. The van der Waals surface area contributed by atoms with Crippen LogP contribution >= 0.6 is 0 Å². The first-order chi connectivity index (χ1) is 18.5. The Morgan fingerprint density at radius 3 is 1.56 bits per heavy atom. The van der Waals surface area contributed by atoms with Crippen LogP contribution in [-0.4, -0.2) is 30.9 Å². The molecule has 0 bridgehead atoms. The number of rotatable bonds is 16. The number of allylic oxidation sites excluding steroid dienone is 10. The van der Waals surface area contributed by atoms with Crippen LogP contribution in [0.2, 0.25) is 0 Å². The summed E-state index contributed by atoms with van der Waals surface area (Å²) in [7, 11) is 0. The number of aliphatic imine (C=N–C) groups is 1. The van der Waals surface area contributed by atoms with Gasteiger partial charge in [0.25, 0.3) is 11.8 Å². The van der Waals surface area contributed by atoms with Crippen LogP contribution in [0.25, 0.3) is 0 Å². The summed E-state index contributed by atoms with van der Waals surface area (Å²) in [5.41, 5.74) is 9.30. The van der Waals surface area contributed by atoms with Gasteiger partial charge in [0.1, 0.15) is 0 Å². The number of nitrogens with two attached hydrogens (primary N) is 1. The lowest BCUT2D eigenvalue weighted by molar-refractivity contribution is -0.116. The maximum Gasteiger partial charge on any atom is 0.253 e. The van der Waals surface area contributed by atoms with Crippen molar-refractivity contribution in [3.8, 4) is 0 Å². The Morgan fingerprint density at radius 1 is 0.744 bits per heavy atom. The van der Waals surface area contributed by atoms with Crippen LogP contribution in [0.1, 0.15) is 93.9 Å². The van der Waals surface area contributed by atoms with Crippen LogP contribution < -0.4 is 16.4 Å². The summed E-state index contributed by atoms with van der Waals surface area (Å²) in [6.07, 6.45) is 21.9. The predicted octanol–water partition coefficient (Wildman–Crippen LogP) is 7.08. The van der Waals surface area contributed by atoms with Crippen LogP contribution in [0, 0.1) is 11.8 Å². The zero-order valence-electron chi connectivity index (χ0n) is 25.8. The molecule has 0 saturated heterocycles. The Hall–Kier alpha value is -2.99. The minimum absolute atomic E-state index is 0.153. The topological polar surface area (TPSA) is 96.6 Å². The van der Waals surface area contributed by atoms with E-state index in [1.165, 1.54) is 11.1 Å². The Balaban J connectivity index is 5.19. The molecule has 0 rings (SSSR count). The predicted molar refractivity (Wildman–Crippen MR) is 168 cm³/mol. The normalized spacial score (nSPS) is 13.7. The smallest absolute Gasteiger partial charge is 0.253 e. The second-order valence-corrected chi connectivity index (χ2v) is 10.8. The largest absolute Gasteiger partial charge is 0.330 e. The summed E-state index contributed by atoms with van der Waals surface area (Å²) in [6.45, 7) is 17.3. The Labute approximate surface area is 238 Å². The molecule has 0 fully saturated rings. The summed E-state index contributed by atoms with van der Waals surface area (Å²) < 4.78 is 0. The van der Waals surface area contributed by atoms with E-state index in [0.717, 1.165) is 38.5 Å². The lowest BCUT2D eigenvalue weighted by Crippen LogP contribution is -2.44. The first-order valence-corrected chi connectivity index (χ1v) is 14.3. The third kappa shape index (κ3) is 20.6. The van der Waals surface area contributed by atoms with Crippen LogP contribution in [-0.2, 0) is 9.59 Å². The van der Waals surface area contributed by atoms with Crippen molar-refractivity contribution in [2.24, 2.45) is 22.6 Å². The van der Waals surface area contributed by atoms with Gasteiger partial charge in [-0.15, -0.1) is 0 Å². The fraction of sp³-hybridized carbons (Fsp3) is 0.545. The van der Waals surface area contributed by atoms with Crippen molar-refractivity contribution in [2.75, 3.05) is 13.1 Å². The van der Waals surface area contributed by atoms with Gasteiger partial charge in [0.2, 0.25) is 5.96 Å². The van der Waals surface area contributed by atoms with Gasteiger partial charge in [-0.1, -0.05) is 73.6 Å². The van der Waals surface area contributed by atoms with Gasteiger partial charge in [-0.05, 0) is 98.4 Å². The molecular weight excluding hydrogens is 484 g/mol. The third-order valence-corrected chi connectivity index (χ3v) is 5.98. The molecule has 2 atom stereocenters. The molecule has 0 radical (unpaired) electrons. The molecule has 0 aromatic heterocycles. The van der Waals surface area contributed by atoms with Gasteiger partial charge in [0, 0.05) is 17.7 Å². The molecule has 0 unspecified atom stereocenters. The van der Waals surface area contributed by atoms with Crippen LogP contribution in [0.5, 0.6) is 0 Å². The molecule has 0 aliphatic heterocycles. The lowest BCUT2D eigenvalue weighted by Gasteiger charge is -2.11. The van der Waals surface area contributed by atoms with Crippen molar-refractivity contribution in [3.05, 3.63) is 70.9 Å². The first kappa shape index (κ1) is 36.0. The van der Waals surface area contributed by atoms with E-state index in [9.17, 15) is 9.59 Å². The zero-order chi connectivity index (χ0) is 29.6. The van der Waals surface area contributed by atoms with E-state index in [1.54, 1.807) is 26.0 Å². The maximum absolute atomic E-state index is 12.8. The number of carbonyl (C=O) groups excluding carboxylic acids is 2. The summed E-state index contributed by atoms with van der Waals surface area (Å²) in [5, 5.41) is 5.52. The van der Waals surface area contributed by atoms with Crippen molar-refractivity contribution in [1.29, 1.82) is 0 Å². The van der Waals surface area contributed by atoms with Crippen LogP contribution in [0.4, 0.5) is 0 Å². The average Bonchev–Trinajstić information content (AvgIpc) is 2.85. The molecule has 0 aliphatic rings. The second kappa shape index (κ2) is 21.9. The molecule has 0 spiro atoms. The van der Waals surface area contributed by atoms with E-state index in [-0.39, 0.29) is 17.8 Å². The van der Waals surface area contributed by atoms with Gasteiger partial charge in [0.05, 0.1) is 0 Å². The van der Waals surface area contributed by atoms with Crippen LogP contribution in [0.3, 0.4) is 0 Å². The van der Waals surface area contributed by atoms with Gasteiger partial charge < -0.3 is 5.73 Å². The Morgan fingerprint density at radius 2 is 1.18 bits per heavy atom. The number of amides is 2. The molecule has 39 heavy (non-hydrogen) atoms. The molecule has 2 amide bonds. The van der Waals surface area contributed by atoms with E-state index in [2.05, 4.69) is 81.5 Å². The molecule has 0 aromatic rings. The van der Waals surface area contributed by atoms with Gasteiger partial charge >= 0.3 is 0 Å². The van der Waals surface area contributed by atoms with E-state index < -0.39 is 0 Å². The minimum Gasteiger partial charge on any atom is -0.330 e. The zero-order valence-corrected chi connectivity index (χ0v) is 25.8. The fourth-order valence-corrected chi connectivity index (χ4v) is 3.36. The monoisotopic (exact) mass is 538 g/mol. The first-order valence-electron chi connectivity index (χ1n) is 14.3. The van der Waals surface area contributed by atoms with E-state index in [1.807, 2.05) is 12.2 Å². The molecule has 0 heterocycles. The minimum atomic E-state index is -0.304. The summed E-state index contributed by atoms with van der Waals surface area (Å²) in [6, 6.07) is 0. The van der Waals surface area contributed by atoms with Crippen molar-refractivity contribution in [3.63, 3.8) is 0 Å². The maximum atomic E-state index is 12.8. The van der Waals surface area contributed by atoms with Gasteiger partial charge in [-0.3, -0.25) is 25.2 Å². The number of nitrogens with one attached hydrogen (secondary N) is 2. The van der Waals surface area contributed by atoms with E-state index in [0.29, 0.717) is 36.1 Å². The molecular formula is C33H54N4O2. The van der Waals surface area contributed by atoms with E-state index >= 15 is 0 Å². The molecule has 6 heteroatoms. The highest BCUT2D eigenvalue weighted by molar-refractivity contribution is 6.12. The average molecular weight is 539 g/mol. The number of hydrogen-bond acceptors (Lipinski definition) is 4. The van der Waals surface area contributed by atoms with Crippen molar-refractivity contribution < 1.29 is 9.59 Å². The molecule has 0 saturated carbocycles. The third-order valence-electron chi connectivity index (χ3n) is 5.98. The highest BCUT2D eigenvalue weighted by Crippen LogP contribution is 2.11. The highest BCUT2D eigenvalue weighted by Gasteiger charge is 2.12. The van der Waals surface area contributed by atoms with Crippen molar-refractivity contribution in [1.82, 2.24) is 10.6 Å². The van der Waals surface area contributed by atoms with Crippen molar-refractivity contribution in [2.45, 2.75) is 93.9 Å². The SMILES string of the molecule is CC(C)=CCC[C@H](C)/C=C/C=C(\C)C(=O)NC(=NCCCCN)NC(=O)/C(C)=C/C=C/[C@@H](C)CCC=C(C)C. The van der Waals surface area contributed by atoms with Crippen LogP contribution in [0.15, 0.2) is 75.9 Å². The van der Waals surface area contributed by atoms with Crippen molar-refractivity contribution >= 4 is 17.8 Å². The standard InChI is InChI=1S/C33H54N4O2/c1-25(2)15-11-17-27(5)19-13-21-29(7)31(38)36-33(35-24-10-9-23-34)37-32(39)30(8)22-14-20-28(6)18-12-16-26(3)4/h13-16,19-22,27-28H,9-12,17-18,23-24,34H2,1-8H3,(H2,35,36,37,38,39)/b19-13+,20-14+,29-21+,30-22+/t27-,28-/m0/s1. The number of carbonyl (C=O) groups is 2. The summed E-state index contributed by atoms with van der Waals surface area (Å²) >= 11 is 0. The molecule has 6 nitrogen and oxygen atoms in total. The quantitative estimate of drug-likeness (QED) is 0.0489. The van der Waals surface area contributed by atoms with Gasteiger partial charge in [-0.2, -0.15) is 0 Å². The van der Waals surface area contributed by atoms with Gasteiger partial charge in [-0.25, -0.2) is 0 Å². The summed E-state index contributed by atoms with van der Waals surface area (Å²) in [4.78, 5) is 30.0. The second-order valence-electron chi connectivity index (χ2n) is 10.8. The Kier molecular flexibility index (Phi) is 20.2. The number of guanidine groups is 1. The lowest BCUT2D eigenvalue weighted by atomic mass is 10.0. The number of hydrogen-bond donors (Lipinski definition) is 3. The fourth-order valence-electron chi connectivity index (χ4n) is 3.36. The highest BCUT2D eigenvalue weighted by atomic mass is 16.2. The number of unbranched alkanes of at least 4 members (excludes halogenated alkanes) is 1. The number of nitrogens with zero attached hydrogens (tertiary/aromatic N) is 1. The molecule has 218 valence electrons. The Bertz CT molecular complexity index is 886. The molecule has 0 aromatic carbocycles. The molecule has 4 N–H and O–H groups in total. The van der Waals surface area contributed by atoms with Gasteiger partial charge in [0.15, 0.2) is 0 Å². The molecule has 0 aliphatic carbocycles.